The molecule has 0 amide bonds. The lowest BCUT2D eigenvalue weighted by Gasteiger charge is -2.11. The number of alkyl halides is 1. The number of nitrogens with one attached hydrogen (secondary N) is 1. The van der Waals surface area contributed by atoms with E-state index in [1.54, 1.807) is 6.20 Å². The molecular weight excluding hydrogens is 186 g/mol. The van der Waals surface area contributed by atoms with E-state index in [0.717, 1.165) is 12.1 Å². The van der Waals surface area contributed by atoms with Crippen LogP contribution in [0.1, 0.15) is 19.0 Å². The molecule has 0 fully saturated rings. The number of nitrogens with zero attached hydrogens (tertiary/aromatic N) is 2. The van der Waals surface area contributed by atoms with Gasteiger partial charge in [0, 0.05) is 23.8 Å². The van der Waals surface area contributed by atoms with E-state index >= 15 is 0 Å². The van der Waals surface area contributed by atoms with Crippen LogP contribution in [0.25, 0.3) is 0 Å². The van der Waals surface area contributed by atoms with E-state index in [4.69, 9.17) is 11.6 Å². The highest BCUT2D eigenvalue weighted by molar-refractivity contribution is 6.17. The summed E-state index contributed by atoms with van der Waals surface area (Å²) in [7, 11) is 0. The highest BCUT2D eigenvalue weighted by atomic mass is 35.5. The molecule has 0 aliphatic carbocycles. The summed E-state index contributed by atoms with van der Waals surface area (Å²) in [5.74, 6) is 1.33. The lowest BCUT2D eigenvalue weighted by Crippen LogP contribution is -2.17. The average Bonchev–Trinajstić information content (AvgIpc) is 2.04. The molecular formula is C9H14ClN3. The van der Waals surface area contributed by atoms with Crippen LogP contribution >= 0.6 is 11.6 Å². The molecule has 0 aliphatic heterocycles. The van der Waals surface area contributed by atoms with Gasteiger partial charge in [-0.05, 0) is 26.3 Å². The van der Waals surface area contributed by atoms with Crippen molar-refractivity contribution in [3.63, 3.8) is 0 Å². The molecule has 1 N–H and O–H groups in total. The SMILES string of the molecule is Cc1ccnc(NC(C)CCCl)n1. The standard InChI is InChI=1S/C9H14ClN3/c1-7(3-5-10)12-9-11-6-4-8(2)13-9/h4,6-7H,3,5H2,1-2H3,(H,11,12,13). The highest BCUT2D eigenvalue weighted by Crippen LogP contribution is 2.03. The Balaban J connectivity index is 2.53. The fourth-order valence-corrected chi connectivity index (χ4v) is 1.30. The zero-order valence-electron chi connectivity index (χ0n) is 7.92. The molecule has 0 saturated heterocycles. The number of hydrogen-bond donors (Lipinski definition) is 1. The second-order valence-electron chi connectivity index (χ2n) is 3.04. The van der Waals surface area contributed by atoms with Gasteiger partial charge in [-0.1, -0.05) is 0 Å². The first-order chi connectivity index (χ1) is 6.22. The maximum atomic E-state index is 5.61. The molecule has 4 heteroatoms. The highest BCUT2D eigenvalue weighted by Gasteiger charge is 2.02. The first kappa shape index (κ1) is 10.3. The van der Waals surface area contributed by atoms with Gasteiger partial charge in [-0.15, -0.1) is 11.6 Å². The van der Waals surface area contributed by atoms with Gasteiger partial charge < -0.3 is 5.32 Å². The molecule has 1 aromatic rings. The molecule has 72 valence electrons. The van der Waals surface area contributed by atoms with Crippen LogP contribution in [-0.4, -0.2) is 21.9 Å². The van der Waals surface area contributed by atoms with Crippen LogP contribution < -0.4 is 5.32 Å². The average molecular weight is 200 g/mol. The third-order valence-corrected chi connectivity index (χ3v) is 1.93. The summed E-state index contributed by atoms with van der Waals surface area (Å²) in [6.07, 6.45) is 2.66. The van der Waals surface area contributed by atoms with Crippen molar-refractivity contribution in [3.05, 3.63) is 18.0 Å². The number of hydrogen-bond acceptors (Lipinski definition) is 3. The summed E-state index contributed by atoms with van der Waals surface area (Å²) < 4.78 is 0. The predicted molar refractivity (Wildman–Crippen MR) is 55.2 cm³/mol. The largest absolute Gasteiger partial charge is 0.352 e. The fraction of sp³-hybridized carbons (Fsp3) is 0.556. The Labute approximate surface area is 83.5 Å². The van der Waals surface area contributed by atoms with Gasteiger partial charge in [-0.25, -0.2) is 9.97 Å². The van der Waals surface area contributed by atoms with Crippen LogP contribution in [0.5, 0.6) is 0 Å². The quantitative estimate of drug-likeness (QED) is 0.756. The van der Waals surface area contributed by atoms with E-state index in [0.29, 0.717) is 17.9 Å². The van der Waals surface area contributed by atoms with Crippen molar-refractivity contribution in [1.29, 1.82) is 0 Å². The first-order valence-electron chi connectivity index (χ1n) is 4.34. The summed E-state index contributed by atoms with van der Waals surface area (Å²) in [5.41, 5.74) is 0.968. The normalized spacial score (nSPS) is 12.5. The molecule has 0 radical (unpaired) electrons. The van der Waals surface area contributed by atoms with Gasteiger partial charge in [-0.2, -0.15) is 0 Å². The molecule has 0 saturated carbocycles. The van der Waals surface area contributed by atoms with Crippen molar-refractivity contribution < 1.29 is 0 Å². The van der Waals surface area contributed by atoms with E-state index in [1.807, 2.05) is 13.0 Å². The van der Waals surface area contributed by atoms with Crippen LogP contribution in [0.15, 0.2) is 12.3 Å². The predicted octanol–water partition coefficient (Wildman–Crippen LogP) is 2.21. The lowest BCUT2D eigenvalue weighted by atomic mass is 10.3. The minimum atomic E-state index is 0.319. The smallest absolute Gasteiger partial charge is 0.223 e. The summed E-state index contributed by atoms with van der Waals surface area (Å²) in [6.45, 7) is 4.01. The van der Waals surface area contributed by atoms with Crippen molar-refractivity contribution in [3.8, 4) is 0 Å². The van der Waals surface area contributed by atoms with Crippen molar-refractivity contribution in [2.75, 3.05) is 11.2 Å². The topological polar surface area (TPSA) is 37.8 Å². The summed E-state index contributed by atoms with van der Waals surface area (Å²) in [5, 5.41) is 3.18. The second-order valence-corrected chi connectivity index (χ2v) is 3.42. The number of halogens is 1. The Morgan fingerprint density at radius 1 is 1.62 bits per heavy atom. The Bertz CT molecular complexity index is 265. The summed E-state index contributed by atoms with van der Waals surface area (Å²) in [6, 6.07) is 2.19. The van der Waals surface area contributed by atoms with Crippen LogP contribution in [-0.2, 0) is 0 Å². The van der Waals surface area contributed by atoms with Gasteiger partial charge in [0.05, 0.1) is 0 Å². The van der Waals surface area contributed by atoms with E-state index in [2.05, 4.69) is 22.2 Å². The van der Waals surface area contributed by atoms with Crippen molar-refractivity contribution in [2.24, 2.45) is 0 Å². The number of rotatable bonds is 4. The third kappa shape index (κ3) is 3.59. The van der Waals surface area contributed by atoms with Gasteiger partial charge in [-0.3, -0.25) is 0 Å². The maximum absolute atomic E-state index is 5.61. The van der Waals surface area contributed by atoms with E-state index in [9.17, 15) is 0 Å². The van der Waals surface area contributed by atoms with E-state index < -0.39 is 0 Å². The monoisotopic (exact) mass is 199 g/mol. The van der Waals surface area contributed by atoms with Crippen LogP contribution in [0.4, 0.5) is 5.95 Å². The Morgan fingerprint density at radius 2 is 2.38 bits per heavy atom. The van der Waals surface area contributed by atoms with Gasteiger partial charge in [0.15, 0.2) is 0 Å². The minimum Gasteiger partial charge on any atom is -0.352 e. The molecule has 1 heterocycles. The molecule has 1 aromatic heterocycles. The number of aromatic nitrogens is 2. The van der Waals surface area contributed by atoms with Crippen molar-refractivity contribution >= 4 is 17.5 Å². The molecule has 1 unspecified atom stereocenters. The second kappa shape index (κ2) is 5.02. The molecule has 0 aliphatic rings. The summed E-state index contributed by atoms with van der Waals surface area (Å²) in [4.78, 5) is 8.33. The van der Waals surface area contributed by atoms with Crippen LogP contribution in [0, 0.1) is 6.92 Å². The first-order valence-corrected chi connectivity index (χ1v) is 4.88. The third-order valence-electron chi connectivity index (χ3n) is 1.71. The Morgan fingerprint density at radius 3 is 3.00 bits per heavy atom. The Hall–Kier alpha value is -0.830. The molecule has 0 spiro atoms. The van der Waals surface area contributed by atoms with E-state index in [1.165, 1.54) is 0 Å². The molecule has 3 nitrogen and oxygen atoms in total. The van der Waals surface area contributed by atoms with Crippen molar-refractivity contribution in [1.82, 2.24) is 9.97 Å². The maximum Gasteiger partial charge on any atom is 0.223 e. The summed E-state index contributed by atoms with van der Waals surface area (Å²) >= 11 is 5.61. The molecule has 13 heavy (non-hydrogen) atoms. The number of aryl methyl sites for hydroxylation is 1. The van der Waals surface area contributed by atoms with Crippen LogP contribution in [0.3, 0.4) is 0 Å². The van der Waals surface area contributed by atoms with Gasteiger partial charge >= 0.3 is 0 Å². The Kier molecular flexibility index (Phi) is 3.96. The van der Waals surface area contributed by atoms with Gasteiger partial charge in [0.2, 0.25) is 5.95 Å². The zero-order valence-corrected chi connectivity index (χ0v) is 8.67. The van der Waals surface area contributed by atoms with E-state index in [-0.39, 0.29) is 0 Å². The van der Waals surface area contributed by atoms with Crippen molar-refractivity contribution in [2.45, 2.75) is 26.3 Å². The van der Waals surface area contributed by atoms with Gasteiger partial charge in [0.1, 0.15) is 0 Å². The molecule has 0 bridgehead atoms. The van der Waals surface area contributed by atoms with Gasteiger partial charge in [0.25, 0.3) is 0 Å². The number of anilines is 1. The fourth-order valence-electron chi connectivity index (χ4n) is 0.975. The molecule has 1 atom stereocenters. The molecule has 0 aromatic carbocycles. The minimum absolute atomic E-state index is 0.319. The van der Waals surface area contributed by atoms with Crippen LogP contribution in [0.2, 0.25) is 0 Å². The zero-order chi connectivity index (χ0) is 9.68. The molecule has 1 rings (SSSR count). The lowest BCUT2D eigenvalue weighted by molar-refractivity contribution is 0.756.